The number of rotatable bonds is 2. The molecule has 0 fully saturated rings. The van der Waals surface area contributed by atoms with Crippen LogP contribution in [0.4, 0.5) is 0 Å². The molecule has 6 nitrogen and oxygen atoms in total. The molecule has 0 aliphatic heterocycles. The lowest BCUT2D eigenvalue weighted by molar-refractivity contribution is 0.0737. The molecule has 0 saturated heterocycles. The Labute approximate surface area is 164 Å². The van der Waals surface area contributed by atoms with E-state index in [2.05, 4.69) is 25.9 Å². The van der Waals surface area contributed by atoms with E-state index in [1.807, 2.05) is 31.2 Å². The first-order chi connectivity index (χ1) is 12.7. The minimum Gasteiger partial charge on any atom is -0.384 e. The molecular weight excluding hydrogens is 408 g/mol. The maximum absolute atomic E-state index is 13.1. The number of aliphatic hydroxyl groups is 1. The Kier molecular flexibility index (Phi) is 3.98. The fourth-order valence-electron chi connectivity index (χ4n) is 3.32. The molecule has 0 saturated carbocycles. The van der Waals surface area contributed by atoms with Crippen molar-refractivity contribution in [1.29, 1.82) is 0 Å². The predicted molar refractivity (Wildman–Crippen MR) is 109 cm³/mol. The molecule has 0 radical (unpaired) electrons. The summed E-state index contributed by atoms with van der Waals surface area (Å²) in [6.07, 6.45) is 1.72. The number of nitrogens with zero attached hydrogens (tertiary/aromatic N) is 4. The highest BCUT2D eigenvalue weighted by atomic mass is 79.9. The van der Waals surface area contributed by atoms with E-state index in [-0.39, 0.29) is 5.69 Å². The summed E-state index contributed by atoms with van der Waals surface area (Å²) < 4.78 is 4.17. The van der Waals surface area contributed by atoms with E-state index in [4.69, 9.17) is 0 Å². The third-order valence-corrected chi connectivity index (χ3v) is 5.26. The molecule has 0 aliphatic carbocycles. The molecule has 7 heteroatoms. The molecule has 0 aliphatic rings. The average molecular weight is 427 g/mol. The van der Waals surface area contributed by atoms with Crippen molar-refractivity contribution in [1.82, 2.24) is 19.1 Å². The minimum absolute atomic E-state index is 0.166. The van der Waals surface area contributed by atoms with Crippen LogP contribution in [-0.2, 0) is 12.6 Å². The van der Waals surface area contributed by atoms with Crippen molar-refractivity contribution in [3.63, 3.8) is 0 Å². The third-order valence-electron chi connectivity index (χ3n) is 4.77. The van der Waals surface area contributed by atoms with E-state index in [1.165, 1.54) is 0 Å². The van der Waals surface area contributed by atoms with Crippen molar-refractivity contribution in [2.45, 2.75) is 26.4 Å². The van der Waals surface area contributed by atoms with Gasteiger partial charge in [-0.3, -0.25) is 19.1 Å². The summed E-state index contributed by atoms with van der Waals surface area (Å²) in [7, 11) is 1.74. The Morgan fingerprint density at radius 2 is 1.93 bits per heavy atom. The van der Waals surface area contributed by atoms with Gasteiger partial charge in [0.1, 0.15) is 5.60 Å². The summed E-state index contributed by atoms with van der Waals surface area (Å²) >= 11 is 3.51. The van der Waals surface area contributed by atoms with Crippen LogP contribution in [0.15, 0.2) is 45.8 Å². The maximum atomic E-state index is 13.1. The van der Waals surface area contributed by atoms with Gasteiger partial charge in [0, 0.05) is 16.9 Å². The quantitative estimate of drug-likeness (QED) is 0.531. The molecule has 0 amide bonds. The number of hydrogen-bond acceptors (Lipinski definition) is 4. The highest BCUT2D eigenvalue weighted by Gasteiger charge is 2.21. The van der Waals surface area contributed by atoms with Crippen LogP contribution in [0, 0.1) is 6.92 Å². The van der Waals surface area contributed by atoms with Crippen LogP contribution in [-0.4, -0.2) is 24.2 Å². The maximum Gasteiger partial charge on any atom is 0.333 e. The molecule has 138 valence electrons. The SMILES string of the molecule is Cc1nc(C(C)(C)O)ccc1-n1c(=O)n(C)c2cnc3ccc(Br)cc3c21. The van der Waals surface area contributed by atoms with Crippen LogP contribution in [0.1, 0.15) is 25.2 Å². The second-order valence-electron chi connectivity index (χ2n) is 7.19. The lowest BCUT2D eigenvalue weighted by Gasteiger charge is -2.18. The van der Waals surface area contributed by atoms with Gasteiger partial charge in [0.2, 0.25) is 0 Å². The number of benzene rings is 1. The highest BCUT2D eigenvalue weighted by molar-refractivity contribution is 9.10. The molecular formula is C20H19BrN4O2. The van der Waals surface area contributed by atoms with Gasteiger partial charge in [0.15, 0.2) is 0 Å². The third kappa shape index (κ3) is 2.78. The largest absolute Gasteiger partial charge is 0.384 e. The zero-order valence-electron chi connectivity index (χ0n) is 15.5. The average Bonchev–Trinajstić information content (AvgIpc) is 2.86. The van der Waals surface area contributed by atoms with Crippen molar-refractivity contribution < 1.29 is 5.11 Å². The topological polar surface area (TPSA) is 72.9 Å². The first-order valence-electron chi connectivity index (χ1n) is 8.55. The van der Waals surface area contributed by atoms with Gasteiger partial charge in [0.05, 0.1) is 39.8 Å². The number of fused-ring (bicyclic) bond motifs is 3. The van der Waals surface area contributed by atoms with E-state index in [0.29, 0.717) is 17.1 Å². The second-order valence-corrected chi connectivity index (χ2v) is 8.11. The molecule has 27 heavy (non-hydrogen) atoms. The van der Waals surface area contributed by atoms with Crippen molar-refractivity contribution in [3.05, 3.63) is 62.9 Å². The van der Waals surface area contributed by atoms with Gasteiger partial charge in [0.25, 0.3) is 0 Å². The fourth-order valence-corrected chi connectivity index (χ4v) is 3.68. The summed E-state index contributed by atoms with van der Waals surface area (Å²) in [6, 6.07) is 9.41. The van der Waals surface area contributed by atoms with Gasteiger partial charge in [-0.1, -0.05) is 15.9 Å². The van der Waals surface area contributed by atoms with Crippen LogP contribution >= 0.6 is 15.9 Å². The zero-order chi connectivity index (χ0) is 19.5. The molecule has 1 N–H and O–H groups in total. The highest BCUT2D eigenvalue weighted by Crippen LogP contribution is 2.29. The number of halogens is 1. The molecule has 1 aromatic carbocycles. The van der Waals surface area contributed by atoms with Gasteiger partial charge in [-0.05, 0) is 51.1 Å². The van der Waals surface area contributed by atoms with E-state index < -0.39 is 5.60 Å². The summed E-state index contributed by atoms with van der Waals surface area (Å²) in [5.74, 6) is 0. The van der Waals surface area contributed by atoms with Crippen LogP contribution in [0.2, 0.25) is 0 Å². The zero-order valence-corrected chi connectivity index (χ0v) is 17.1. The Hall–Kier alpha value is -2.51. The van der Waals surface area contributed by atoms with Crippen molar-refractivity contribution in [2.75, 3.05) is 0 Å². The van der Waals surface area contributed by atoms with E-state index in [1.54, 1.807) is 42.3 Å². The Balaban J connectivity index is 2.12. The Morgan fingerprint density at radius 1 is 1.19 bits per heavy atom. The van der Waals surface area contributed by atoms with Crippen LogP contribution in [0.3, 0.4) is 0 Å². The van der Waals surface area contributed by atoms with Gasteiger partial charge < -0.3 is 5.11 Å². The van der Waals surface area contributed by atoms with E-state index >= 15 is 0 Å². The van der Waals surface area contributed by atoms with Gasteiger partial charge in [-0.15, -0.1) is 0 Å². The van der Waals surface area contributed by atoms with Crippen molar-refractivity contribution in [3.8, 4) is 5.69 Å². The monoisotopic (exact) mass is 426 g/mol. The molecule has 0 unspecified atom stereocenters. The number of aryl methyl sites for hydroxylation is 2. The second kappa shape index (κ2) is 6.00. The number of aromatic nitrogens is 4. The predicted octanol–water partition coefficient (Wildman–Crippen LogP) is 3.57. The normalized spacial score (nSPS) is 12.2. The Morgan fingerprint density at radius 3 is 2.59 bits per heavy atom. The first kappa shape index (κ1) is 17.9. The minimum atomic E-state index is -1.05. The molecule has 4 aromatic rings. The molecule has 0 bridgehead atoms. The summed E-state index contributed by atoms with van der Waals surface area (Å²) in [4.78, 5) is 22.1. The standard InChI is InChI=1S/C20H19BrN4O2/c1-11-15(7-8-17(23-11)20(2,3)27)25-18-13-9-12(21)5-6-14(13)22-10-16(18)24(4)19(25)26/h5-10,27H,1-4H3. The van der Waals surface area contributed by atoms with Crippen LogP contribution in [0.5, 0.6) is 0 Å². The lowest BCUT2D eigenvalue weighted by atomic mass is 10.0. The van der Waals surface area contributed by atoms with Crippen LogP contribution in [0.25, 0.3) is 27.6 Å². The summed E-state index contributed by atoms with van der Waals surface area (Å²) in [6.45, 7) is 5.22. The smallest absolute Gasteiger partial charge is 0.333 e. The molecule has 3 aromatic heterocycles. The number of pyridine rings is 2. The first-order valence-corrected chi connectivity index (χ1v) is 9.34. The van der Waals surface area contributed by atoms with E-state index in [0.717, 1.165) is 26.4 Å². The van der Waals surface area contributed by atoms with Crippen LogP contribution < -0.4 is 5.69 Å². The number of imidazole rings is 1. The summed E-state index contributed by atoms with van der Waals surface area (Å²) in [5, 5.41) is 11.1. The molecule has 3 heterocycles. The lowest BCUT2D eigenvalue weighted by Crippen LogP contribution is -2.23. The van der Waals surface area contributed by atoms with E-state index in [9.17, 15) is 9.90 Å². The van der Waals surface area contributed by atoms with Crippen molar-refractivity contribution >= 4 is 37.9 Å². The van der Waals surface area contributed by atoms with Gasteiger partial charge >= 0.3 is 5.69 Å². The fraction of sp³-hybridized carbons (Fsp3) is 0.250. The molecule has 0 spiro atoms. The van der Waals surface area contributed by atoms with Gasteiger partial charge in [-0.25, -0.2) is 4.79 Å². The van der Waals surface area contributed by atoms with Gasteiger partial charge in [-0.2, -0.15) is 0 Å². The molecule has 4 rings (SSSR count). The Bertz CT molecular complexity index is 1270. The summed E-state index contributed by atoms with van der Waals surface area (Å²) in [5.41, 5.74) is 3.05. The number of hydrogen-bond donors (Lipinski definition) is 1. The molecule has 0 atom stereocenters. The van der Waals surface area contributed by atoms with Crippen molar-refractivity contribution in [2.24, 2.45) is 7.05 Å².